The normalized spacial score (nSPS) is 11.3. The smallest absolute Gasteiger partial charge is 0.281 e. The molecule has 0 unspecified atom stereocenters. The summed E-state index contributed by atoms with van der Waals surface area (Å²) in [5, 5.41) is 13.4. The van der Waals surface area contributed by atoms with E-state index in [1.807, 2.05) is 41.0 Å². The van der Waals surface area contributed by atoms with Crippen LogP contribution in [-0.2, 0) is 6.54 Å². The quantitative estimate of drug-likeness (QED) is 0.388. The zero-order chi connectivity index (χ0) is 23.8. The minimum atomic E-state index is -0.195. The summed E-state index contributed by atoms with van der Waals surface area (Å²) in [6.07, 6.45) is 1.71. The van der Waals surface area contributed by atoms with Crippen molar-refractivity contribution < 1.29 is 4.52 Å². The fourth-order valence-corrected chi connectivity index (χ4v) is 4.14. The van der Waals surface area contributed by atoms with Gasteiger partial charge < -0.3 is 9.09 Å². The summed E-state index contributed by atoms with van der Waals surface area (Å²) in [7, 11) is 0. The second-order valence-electron chi connectivity index (χ2n) is 8.39. The average Bonchev–Trinajstić information content (AvgIpc) is 3.44. The molecule has 5 aromatic rings. The molecule has 0 aliphatic heterocycles. The summed E-state index contributed by atoms with van der Waals surface area (Å²) in [5.41, 5.74) is 3.86. The summed E-state index contributed by atoms with van der Waals surface area (Å²) >= 11 is 0. The van der Waals surface area contributed by atoms with E-state index in [-0.39, 0.29) is 11.5 Å². The first kappa shape index (κ1) is 21.3. The highest BCUT2D eigenvalue weighted by atomic mass is 16.5. The van der Waals surface area contributed by atoms with Gasteiger partial charge in [-0.1, -0.05) is 49.3 Å². The number of fused-ring (bicyclic) bond motifs is 1. The highest BCUT2D eigenvalue weighted by Gasteiger charge is 2.20. The molecule has 0 saturated heterocycles. The molecule has 0 amide bonds. The van der Waals surface area contributed by atoms with Crippen LogP contribution in [-0.4, -0.2) is 24.3 Å². The van der Waals surface area contributed by atoms with Gasteiger partial charge in [-0.2, -0.15) is 10.2 Å². The first-order chi connectivity index (χ1) is 16.5. The average molecular weight is 451 g/mol. The Morgan fingerprint density at radius 1 is 1.09 bits per heavy atom. The SMILES string of the molecule is Cc1nc(-c2ccccc2Cn2c(C(C)C)nc3ccn(-c4cccc(C#N)c4)c(=O)c32)no1. The molecule has 8 nitrogen and oxygen atoms in total. The van der Waals surface area contributed by atoms with Crippen LogP contribution in [0.4, 0.5) is 0 Å². The number of hydrogen-bond donors (Lipinski definition) is 0. The van der Waals surface area contributed by atoms with E-state index in [4.69, 9.17) is 9.51 Å². The molecule has 0 atom stereocenters. The van der Waals surface area contributed by atoms with Gasteiger partial charge in [-0.15, -0.1) is 0 Å². The highest BCUT2D eigenvalue weighted by Crippen LogP contribution is 2.26. The second kappa shape index (κ2) is 8.45. The number of pyridine rings is 1. The number of rotatable bonds is 5. The number of hydrogen-bond acceptors (Lipinski definition) is 6. The van der Waals surface area contributed by atoms with Crippen molar-refractivity contribution in [3.8, 4) is 23.1 Å². The Hall–Kier alpha value is -4.51. The fraction of sp³-hybridized carbons (Fsp3) is 0.192. The standard InChI is InChI=1S/C26H22N6O2/c1-16(2)25-29-22-11-12-31(20-9-6-7-18(13-20)14-27)26(33)23(22)32(25)15-19-8-4-5-10-21(19)24-28-17(3)34-30-24/h4-13,16H,15H2,1-3H3. The number of nitrogens with zero attached hydrogens (tertiary/aromatic N) is 6. The lowest BCUT2D eigenvalue weighted by Crippen LogP contribution is -2.21. The number of aryl methyl sites for hydroxylation is 1. The molecule has 0 aliphatic carbocycles. The third kappa shape index (κ3) is 3.67. The van der Waals surface area contributed by atoms with Crippen LogP contribution < -0.4 is 5.56 Å². The van der Waals surface area contributed by atoms with Crippen LogP contribution in [0, 0.1) is 18.3 Å². The Morgan fingerprint density at radius 2 is 1.91 bits per heavy atom. The molecule has 34 heavy (non-hydrogen) atoms. The number of nitriles is 1. The summed E-state index contributed by atoms with van der Waals surface area (Å²) in [6, 6.07) is 18.8. The fourth-order valence-electron chi connectivity index (χ4n) is 4.14. The van der Waals surface area contributed by atoms with E-state index in [9.17, 15) is 10.1 Å². The number of imidazole rings is 1. The van der Waals surface area contributed by atoms with Crippen LogP contribution in [0.2, 0.25) is 0 Å². The van der Waals surface area contributed by atoms with Crippen LogP contribution in [0.1, 0.15) is 42.6 Å². The van der Waals surface area contributed by atoms with Crippen molar-refractivity contribution in [1.29, 1.82) is 5.26 Å². The lowest BCUT2D eigenvalue weighted by molar-refractivity contribution is 0.394. The molecular weight excluding hydrogens is 428 g/mol. The first-order valence-corrected chi connectivity index (χ1v) is 11.0. The Bertz CT molecular complexity index is 1620. The zero-order valence-electron chi connectivity index (χ0n) is 19.1. The molecule has 0 N–H and O–H groups in total. The lowest BCUT2D eigenvalue weighted by atomic mass is 10.1. The molecule has 0 radical (unpaired) electrons. The largest absolute Gasteiger partial charge is 0.339 e. The molecule has 0 spiro atoms. The molecule has 0 bridgehead atoms. The van der Waals surface area contributed by atoms with Gasteiger partial charge in [-0.05, 0) is 29.8 Å². The Balaban J connectivity index is 1.71. The zero-order valence-corrected chi connectivity index (χ0v) is 19.1. The van der Waals surface area contributed by atoms with E-state index in [1.165, 1.54) is 0 Å². The van der Waals surface area contributed by atoms with Crippen molar-refractivity contribution in [2.75, 3.05) is 0 Å². The Kier molecular flexibility index (Phi) is 5.30. The molecule has 0 aliphatic rings. The van der Waals surface area contributed by atoms with Crippen LogP contribution in [0.3, 0.4) is 0 Å². The monoisotopic (exact) mass is 450 g/mol. The number of benzene rings is 2. The topological polar surface area (TPSA) is 103 Å². The summed E-state index contributed by atoms with van der Waals surface area (Å²) in [4.78, 5) is 22.9. The van der Waals surface area contributed by atoms with E-state index in [0.29, 0.717) is 40.5 Å². The molecule has 3 aromatic heterocycles. The van der Waals surface area contributed by atoms with Crippen molar-refractivity contribution >= 4 is 11.0 Å². The van der Waals surface area contributed by atoms with Gasteiger partial charge in [-0.25, -0.2) is 4.98 Å². The van der Waals surface area contributed by atoms with Gasteiger partial charge in [0.05, 0.1) is 23.7 Å². The second-order valence-corrected chi connectivity index (χ2v) is 8.39. The van der Waals surface area contributed by atoms with Gasteiger partial charge in [0, 0.05) is 30.3 Å². The molecule has 2 aromatic carbocycles. The van der Waals surface area contributed by atoms with E-state index in [1.54, 1.807) is 35.9 Å². The van der Waals surface area contributed by atoms with Gasteiger partial charge in [-0.3, -0.25) is 9.36 Å². The molecule has 0 saturated carbocycles. The van der Waals surface area contributed by atoms with E-state index >= 15 is 0 Å². The van der Waals surface area contributed by atoms with Gasteiger partial charge in [0.2, 0.25) is 11.7 Å². The highest BCUT2D eigenvalue weighted by molar-refractivity contribution is 5.76. The van der Waals surface area contributed by atoms with Gasteiger partial charge in [0.25, 0.3) is 5.56 Å². The maximum absolute atomic E-state index is 13.7. The lowest BCUT2D eigenvalue weighted by Gasteiger charge is -2.14. The van der Waals surface area contributed by atoms with Crippen LogP contribution in [0.15, 0.2) is 70.1 Å². The van der Waals surface area contributed by atoms with Crippen molar-refractivity contribution in [2.24, 2.45) is 0 Å². The molecular formula is C26H22N6O2. The maximum Gasteiger partial charge on any atom is 0.281 e. The third-order valence-corrected chi connectivity index (χ3v) is 5.71. The minimum absolute atomic E-state index is 0.0988. The first-order valence-electron chi connectivity index (χ1n) is 11.0. The summed E-state index contributed by atoms with van der Waals surface area (Å²) in [5.74, 6) is 1.91. The molecule has 5 rings (SSSR count). The third-order valence-electron chi connectivity index (χ3n) is 5.71. The van der Waals surface area contributed by atoms with Crippen molar-refractivity contribution in [1.82, 2.24) is 24.3 Å². The predicted octanol–water partition coefficient (Wildman–Crippen LogP) is 4.59. The molecule has 0 fully saturated rings. The van der Waals surface area contributed by atoms with Crippen LogP contribution in [0.5, 0.6) is 0 Å². The van der Waals surface area contributed by atoms with Gasteiger partial charge in [0.15, 0.2) is 0 Å². The van der Waals surface area contributed by atoms with Crippen molar-refractivity contribution in [3.63, 3.8) is 0 Å². The van der Waals surface area contributed by atoms with Crippen LogP contribution >= 0.6 is 0 Å². The number of aromatic nitrogens is 5. The van der Waals surface area contributed by atoms with E-state index < -0.39 is 0 Å². The molecule has 3 heterocycles. The van der Waals surface area contributed by atoms with Crippen molar-refractivity contribution in [2.45, 2.75) is 33.2 Å². The Morgan fingerprint density at radius 3 is 2.65 bits per heavy atom. The predicted molar refractivity (Wildman–Crippen MR) is 128 cm³/mol. The Labute approximate surface area is 195 Å². The van der Waals surface area contributed by atoms with E-state index in [0.717, 1.165) is 17.0 Å². The summed E-state index contributed by atoms with van der Waals surface area (Å²) in [6.45, 7) is 6.29. The maximum atomic E-state index is 13.7. The van der Waals surface area contributed by atoms with Crippen LogP contribution in [0.25, 0.3) is 28.1 Å². The van der Waals surface area contributed by atoms with Crippen molar-refractivity contribution in [3.05, 3.63) is 94.0 Å². The molecule has 8 heteroatoms. The molecule has 168 valence electrons. The summed E-state index contributed by atoms with van der Waals surface area (Å²) < 4.78 is 8.71. The van der Waals surface area contributed by atoms with E-state index in [2.05, 4.69) is 30.1 Å². The minimum Gasteiger partial charge on any atom is -0.339 e. The van der Waals surface area contributed by atoms with Gasteiger partial charge in [0.1, 0.15) is 11.3 Å². The van der Waals surface area contributed by atoms with Gasteiger partial charge >= 0.3 is 0 Å².